The first-order valence-corrected chi connectivity index (χ1v) is 10.5. The van der Waals surface area contributed by atoms with Crippen molar-refractivity contribution in [2.45, 2.75) is 6.92 Å². The van der Waals surface area contributed by atoms with Gasteiger partial charge in [0.2, 0.25) is 0 Å². The van der Waals surface area contributed by atoms with Crippen molar-refractivity contribution >= 4 is 39.2 Å². The van der Waals surface area contributed by atoms with Crippen molar-refractivity contribution in [1.29, 1.82) is 0 Å². The fourth-order valence-electron chi connectivity index (χ4n) is 3.62. The van der Waals surface area contributed by atoms with Crippen molar-refractivity contribution in [3.8, 4) is 33.2 Å². The third-order valence-corrected chi connectivity index (χ3v) is 6.11. The summed E-state index contributed by atoms with van der Waals surface area (Å²) in [6.07, 6.45) is 5.14. The predicted octanol–water partition coefficient (Wildman–Crippen LogP) is 4.58. The molecule has 0 aromatic carbocycles. The lowest BCUT2D eigenvalue weighted by Crippen LogP contribution is -1.90. The number of anilines is 1. The van der Waals surface area contributed by atoms with Crippen LogP contribution >= 0.6 is 11.3 Å². The Morgan fingerprint density at radius 3 is 2.77 bits per heavy atom. The summed E-state index contributed by atoms with van der Waals surface area (Å²) in [5.74, 6) is 0.616. The smallest absolute Gasteiger partial charge is 0.162 e. The van der Waals surface area contributed by atoms with Crippen LogP contribution in [0.25, 0.3) is 55.4 Å². The Labute approximate surface area is 180 Å². The number of fused-ring (bicyclic) bond motifs is 2. The molecule has 0 saturated heterocycles. The first kappa shape index (κ1) is 17.7. The van der Waals surface area contributed by atoms with Crippen molar-refractivity contribution < 1.29 is 0 Å². The van der Waals surface area contributed by atoms with Crippen molar-refractivity contribution in [1.82, 2.24) is 35.1 Å². The number of aromatic amines is 2. The minimum absolute atomic E-state index is 0.589. The van der Waals surface area contributed by atoms with Crippen molar-refractivity contribution in [2.24, 2.45) is 0 Å². The molecule has 0 unspecified atom stereocenters. The monoisotopic (exact) mass is 424 g/mol. The summed E-state index contributed by atoms with van der Waals surface area (Å²) in [6.45, 7) is 2.09. The summed E-state index contributed by atoms with van der Waals surface area (Å²) in [5.41, 5.74) is 12.8. The fraction of sp³-hybridized carbons (Fsp3) is 0.0455. The molecule has 0 bridgehead atoms. The van der Waals surface area contributed by atoms with Crippen LogP contribution in [0, 0.1) is 6.92 Å². The molecule has 150 valence electrons. The van der Waals surface area contributed by atoms with E-state index >= 15 is 0 Å². The first-order valence-electron chi connectivity index (χ1n) is 9.63. The van der Waals surface area contributed by atoms with Gasteiger partial charge in [-0.25, -0.2) is 15.0 Å². The molecule has 6 aromatic rings. The number of hydrogen-bond acceptors (Lipinski definition) is 7. The van der Waals surface area contributed by atoms with Crippen LogP contribution in [0.3, 0.4) is 0 Å². The number of rotatable bonds is 3. The number of nitrogen functional groups attached to an aromatic ring is 1. The van der Waals surface area contributed by atoms with Gasteiger partial charge in [-0.05, 0) is 43.3 Å². The Hall–Kier alpha value is -4.11. The second kappa shape index (κ2) is 6.71. The molecule has 0 aliphatic rings. The highest BCUT2D eigenvalue weighted by Crippen LogP contribution is 2.34. The van der Waals surface area contributed by atoms with Gasteiger partial charge >= 0.3 is 0 Å². The molecule has 0 saturated carbocycles. The second-order valence-electron chi connectivity index (χ2n) is 7.22. The molecular weight excluding hydrogens is 408 g/mol. The van der Waals surface area contributed by atoms with Crippen LogP contribution in [-0.2, 0) is 0 Å². The zero-order valence-electron chi connectivity index (χ0n) is 16.4. The molecule has 0 fully saturated rings. The third kappa shape index (κ3) is 2.94. The van der Waals surface area contributed by atoms with Gasteiger partial charge in [0, 0.05) is 39.5 Å². The van der Waals surface area contributed by atoms with Gasteiger partial charge in [0.25, 0.3) is 0 Å². The van der Waals surface area contributed by atoms with E-state index in [-0.39, 0.29) is 0 Å². The normalized spacial score (nSPS) is 11.5. The molecule has 9 heteroatoms. The lowest BCUT2D eigenvalue weighted by molar-refractivity contribution is 1.10. The molecule has 4 N–H and O–H groups in total. The summed E-state index contributed by atoms with van der Waals surface area (Å²) in [6, 6.07) is 11.9. The quantitative estimate of drug-likeness (QED) is 0.382. The van der Waals surface area contributed by atoms with E-state index in [4.69, 9.17) is 15.7 Å². The second-order valence-corrected chi connectivity index (χ2v) is 8.51. The molecule has 0 atom stereocenters. The summed E-state index contributed by atoms with van der Waals surface area (Å²) in [5, 5.41) is 7.51. The van der Waals surface area contributed by atoms with E-state index in [9.17, 15) is 0 Å². The SMILES string of the molecule is Cc1ccc(-c2ccnc3[nH]c(-c4n[nH]c5ccc(-c6cncc(N)c6)nc45)nc23)s1. The van der Waals surface area contributed by atoms with Crippen LogP contribution in [0.1, 0.15) is 4.88 Å². The molecule has 6 rings (SSSR count). The number of thiophene rings is 1. The van der Waals surface area contributed by atoms with Gasteiger partial charge in [0.1, 0.15) is 11.0 Å². The van der Waals surface area contributed by atoms with Crippen molar-refractivity contribution in [3.63, 3.8) is 0 Å². The number of imidazole rings is 1. The number of nitrogens with two attached hydrogens (primary N) is 1. The molecule has 31 heavy (non-hydrogen) atoms. The van der Waals surface area contributed by atoms with E-state index in [1.165, 1.54) is 4.88 Å². The van der Waals surface area contributed by atoms with Crippen LogP contribution in [-0.4, -0.2) is 35.1 Å². The highest BCUT2D eigenvalue weighted by atomic mass is 32.1. The van der Waals surface area contributed by atoms with Gasteiger partial charge in [-0.1, -0.05) is 0 Å². The van der Waals surface area contributed by atoms with Gasteiger partial charge < -0.3 is 10.7 Å². The van der Waals surface area contributed by atoms with E-state index in [2.05, 4.69) is 44.2 Å². The first-order chi connectivity index (χ1) is 15.2. The minimum Gasteiger partial charge on any atom is -0.397 e. The topological polar surface area (TPSA) is 122 Å². The standard InChI is InChI=1S/C22H16N8S/c1-11-2-5-17(31-11)14-6-7-25-21-18(14)27-22(28-21)20-19-16(29-30-20)4-3-15(26-19)12-8-13(23)10-24-9-12/h2-10H,23H2,1H3,(H,29,30)(H,25,27,28). The zero-order valence-corrected chi connectivity index (χ0v) is 17.2. The Bertz CT molecular complexity index is 1580. The van der Waals surface area contributed by atoms with Gasteiger partial charge in [0.15, 0.2) is 17.2 Å². The maximum absolute atomic E-state index is 5.89. The summed E-state index contributed by atoms with van der Waals surface area (Å²) >= 11 is 1.73. The van der Waals surface area contributed by atoms with Gasteiger partial charge in [0.05, 0.1) is 16.9 Å². The number of pyridine rings is 3. The van der Waals surface area contributed by atoms with E-state index in [1.54, 1.807) is 29.9 Å². The van der Waals surface area contributed by atoms with E-state index < -0.39 is 0 Å². The largest absolute Gasteiger partial charge is 0.397 e. The number of nitrogens with zero attached hydrogens (tertiary/aromatic N) is 5. The predicted molar refractivity (Wildman–Crippen MR) is 122 cm³/mol. The number of hydrogen-bond donors (Lipinski definition) is 3. The van der Waals surface area contributed by atoms with Crippen LogP contribution in [0.4, 0.5) is 5.69 Å². The zero-order chi connectivity index (χ0) is 20.9. The Morgan fingerprint density at radius 2 is 1.94 bits per heavy atom. The third-order valence-electron chi connectivity index (χ3n) is 5.08. The number of nitrogens with one attached hydrogen (secondary N) is 2. The average molecular weight is 424 g/mol. The molecule has 0 aliphatic carbocycles. The van der Waals surface area contributed by atoms with E-state index in [0.717, 1.165) is 32.7 Å². The number of aryl methyl sites for hydroxylation is 1. The minimum atomic E-state index is 0.589. The Balaban J connectivity index is 1.51. The molecule has 6 aromatic heterocycles. The van der Waals surface area contributed by atoms with Gasteiger partial charge in [-0.3, -0.25) is 10.1 Å². The van der Waals surface area contributed by atoms with E-state index in [1.807, 2.05) is 24.3 Å². The summed E-state index contributed by atoms with van der Waals surface area (Å²) < 4.78 is 0. The highest BCUT2D eigenvalue weighted by molar-refractivity contribution is 7.15. The average Bonchev–Trinajstić information content (AvgIpc) is 3.50. The molecule has 8 nitrogen and oxygen atoms in total. The molecule has 0 radical (unpaired) electrons. The lowest BCUT2D eigenvalue weighted by Gasteiger charge is -2.02. The van der Waals surface area contributed by atoms with Crippen LogP contribution in [0.5, 0.6) is 0 Å². The molecule has 0 amide bonds. The summed E-state index contributed by atoms with van der Waals surface area (Å²) in [7, 11) is 0. The lowest BCUT2D eigenvalue weighted by atomic mass is 10.1. The molecule has 0 aliphatic heterocycles. The van der Waals surface area contributed by atoms with Gasteiger partial charge in [-0.2, -0.15) is 5.10 Å². The fourth-order valence-corrected chi connectivity index (χ4v) is 4.52. The van der Waals surface area contributed by atoms with Crippen molar-refractivity contribution in [3.05, 3.63) is 59.9 Å². The van der Waals surface area contributed by atoms with Crippen LogP contribution in [0.15, 0.2) is 55.0 Å². The summed E-state index contributed by atoms with van der Waals surface area (Å²) in [4.78, 5) is 24.0. The van der Waals surface area contributed by atoms with Gasteiger partial charge in [-0.15, -0.1) is 11.3 Å². The molecular formula is C22H16N8S. The molecule has 6 heterocycles. The Morgan fingerprint density at radius 1 is 1.00 bits per heavy atom. The molecule has 0 spiro atoms. The Kier molecular flexibility index (Phi) is 3.84. The van der Waals surface area contributed by atoms with Crippen molar-refractivity contribution in [2.75, 3.05) is 5.73 Å². The maximum atomic E-state index is 5.89. The van der Waals surface area contributed by atoms with E-state index in [0.29, 0.717) is 28.4 Å². The number of H-pyrrole nitrogens is 2. The number of aromatic nitrogens is 7. The van der Waals surface area contributed by atoms with Crippen LogP contribution < -0.4 is 5.73 Å². The maximum Gasteiger partial charge on any atom is 0.162 e. The van der Waals surface area contributed by atoms with Crippen LogP contribution in [0.2, 0.25) is 0 Å². The highest BCUT2D eigenvalue weighted by Gasteiger charge is 2.18.